The third kappa shape index (κ3) is 1.60. The van der Waals surface area contributed by atoms with E-state index in [2.05, 4.69) is 35.9 Å². The first-order valence-electron chi connectivity index (χ1n) is 5.02. The Morgan fingerprint density at radius 1 is 1.29 bits per heavy atom. The second kappa shape index (κ2) is 3.74. The molecule has 0 saturated heterocycles. The van der Waals surface area contributed by atoms with E-state index in [0.29, 0.717) is 5.92 Å². The maximum Gasteiger partial charge on any atom is 0.0736 e. The summed E-state index contributed by atoms with van der Waals surface area (Å²) in [4.78, 5) is 8.67. The van der Waals surface area contributed by atoms with Gasteiger partial charge in [-0.1, -0.05) is 13.8 Å². The van der Waals surface area contributed by atoms with Crippen LogP contribution in [0, 0.1) is 0 Å². The first-order valence-corrected chi connectivity index (χ1v) is 5.02. The molecule has 2 aromatic rings. The first kappa shape index (κ1) is 9.13. The van der Waals surface area contributed by atoms with Crippen LogP contribution < -0.4 is 0 Å². The Hall–Kier alpha value is -1.44. The molecular formula is C12H14N2. The zero-order valence-corrected chi connectivity index (χ0v) is 8.57. The maximum atomic E-state index is 4.61. The standard InChI is InChI=1S/C12H14N2/c1-3-9(2)11-5-4-10-8-13-7-6-12(10)14-11/h4-9H,3H2,1-2H3. The van der Waals surface area contributed by atoms with E-state index in [1.165, 1.54) is 5.69 Å². The fourth-order valence-electron chi connectivity index (χ4n) is 1.46. The highest BCUT2D eigenvalue weighted by Crippen LogP contribution is 2.19. The van der Waals surface area contributed by atoms with Gasteiger partial charge in [-0.05, 0) is 30.5 Å². The smallest absolute Gasteiger partial charge is 0.0736 e. The van der Waals surface area contributed by atoms with Crippen molar-refractivity contribution in [2.75, 3.05) is 0 Å². The Labute approximate surface area is 84.0 Å². The lowest BCUT2D eigenvalue weighted by Gasteiger charge is -2.08. The van der Waals surface area contributed by atoms with Crippen LogP contribution in [0.25, 0.3) is 10.9 Å². The van der Waals surface area contributed by atoms with Gasteiger partial charge < -0.3 is 0 Å². The number of nitrogens with zero attached hydrogens (tertiary/aromatic N) is 2. The molecule has 0 fully saturated rings. The number of hydrogen-bond acceptors (Lipinski definition) is 2. The Morgan fingerprint density at radius 3 is 2.93 bits per heavy atom. The van der Waals surface area contributed by atoms with Gasteiger partial charge in [0.2, 0.25) is 0 Å². The van der Waals surface area contributed by atoms with E-state index in [1.807, 2.05) is 12.3 Å². The monoisotopic (exact) mass is 186 g/mol. The van der Waals surface area contributed by atoms with Crippen LogP contribution >= 0.6 is 0 Å². The molecule has 0 radical (unpaired) electrons. The molecule has 0 aliphatic heterocycles. The molecule has 1 atom stereocenters. The summed E-state index contributed by atoms with van der Waals surface area (Å²) in [6.45, 7) is 4.39. The van der Waals surface area contributed by atoms with Crippen LogP contribution in [0.2, 0.25) is 0 Å². The van der Waals surface area contributed by atoms with Crippen molar-refractivity contribution in [1.29, 1.82) is 0 Å². The molecule has 1 unspecified atom stereocenters. The lowest BCUT2D eigenvalue weighted by Crippen LogP contribution is -1.95. The molecule has 0 aliphatic carbocycles. The third-order valence-electron chi connectivity index (χ3n) is 2.63. The fraction of sp³-hybridized carbons (Fsp3) is 0.333. The van der Waals surface area contributed by atoms with Gasteiger partial charge >= 0.3 is 0 Å². The minimum Gasteiger partial charge on any atom is -0.264 e. The molecule has 2 aromatic heterocycles. The van der Waals surface area contributed by atoms with Crippen LogP contribution in [0.3, 0.4) is 0 Å². The number of fused-ring (bicyclic) bond motifs is 1. The van der Waals surface area contributed by atoms with E-state index in [0.717, 1.165) is 17.3 Å². The van der Waals surface area contributed by atoms with Crippen LogP contribution in [0.5, 0.6) is 0 Å². The van der Waals surface area contributed by atoms with Crippen molar-refractivity contribution in [2.45, 2.75) is 26.2 Å². The molecular weight excluding hydrogens is 172 g/mol. The van der Waals surface area contributed by atoms with Crippen molar-refractivity contribution in [3.63, 3.8) is 0 Å². The zero-order valence-electron chi connectivity index (χ0n) is 8.57. The minimum absolute atomic E-state index is 0.535. The first-order chi connectivity index (χ1) is 6.81. The normalized spacial score (nSPS) is 13.0. The Kier molecular flexibility index (Phi) is 2.44. The molecule has 2 rings (SSSR count). The Balaban J connectivity index is 2.51. The van der Waals surface area contributed by atoms with Crippen molar-refractivity contribution in [3.8, 4) is 0 Å². The zero-order chi connectivity index (χ0) is 9.97. The number of pyridine rings is 2. The molecule has 2 nitrogen and oxygen atoms in total. The van der Waals surface area contributed by atoms with Gasteiger partial charge in [0, 0.05) is 23.5 Å². The average Bonchev–Trinajstić information content (AvgIpc) is 2.27. The van der Waals surface area contributed by atoms with Crippen molar-refractivity contribution < 1.29 is 0 Å². The van der Waals surface area contributed by atoms with Gasteiger partial charge in [0.15, 0.2) is 0 Å². The quantitative estimate of drug-likeness (QED) is 0.720. The molecule has 0 aromatic carbocycles. The predicted molar refractivity (Wildman–Crippen MR) is 58.2 cm³/mol. The summed E-state index contributed by atoms with van der Waals surface area (Å²) in [6, 6.07) is 6.15. The van der Waals surface area contributed by atoms with Crippen LogP contribution in [-0.4, -0.2) is 9.97 Å². The fourth-order valence-corrected chi connectivity index (χ4v) is 1.46. The van der Waals surface area contributed by atoms with Gasteiger partial charge in [0.25, 0.3) is 0 Å². The molecule has 0 aliphatic rings. The van der Waals surface area contributed by atoms with Crippen LogP contribution in [-0.2, 0) is 0 Å². The van der Waals surface area contributed by atoms with E-state index in [4.69, 9.17) is 0 Å². The molecule has 0 amide bonds. The molecule has 2 heterocycles. The number of rotatable bonds is 2. The largest absolute Gasteiger partial charge is 0.264 e. The van der Waals surface area contributed by atoms with Crippen molar-refractivity contribution in [3.05, 3.63) is 36.3 Å². The van der Waals surface area contributed by atoms with Crippen LogP contribution in [0.15, 0.2) is 30.6 Å². The summed E-state index contributed by atoms with van der Waals surface area (Å²) in [7, 11) is 0. The van der Waals surface area contributed by atoms with Crippen molar-refractivity contribution >= 4 is 10.9 Å². The third-order valence-corrected chi connectivity index (χ3v) is 2.63. The summed E-state index contributed by atoms with van der Waals surface area (Å²) >= 11 is 0. The molecule has 0 spiro atoms. The Bertz CT molecular complexity index is 437. The van der Waals surface area contributed by atoms with Gasteiger partial charge in [0.1, 0.15) is 0 Å². The van der Waals surface area contributed by atoms with Gasteiger partial charge in [-0.3, -0.25) is 9.97 Å². The average molecular weight is 186 g/mol. The number of aromatic nitrogens is 2. The predicted octanol–water partition coefficient (Wildman–Crippen LogP) is 3.14. The molecule has 72 valence electrons. The van der Waals surface area contributed by atoms with Crippen molar-refractivity contribution in [1.82, 2.24) is 9.97 Å². The second-order valence-electron chi connectivity index (χ2n) is 3.61. The molecule has 2 heteroatoms. The highest BCUT2D eigenvalue weighted by molar-refractivity contribution is 5.77. The van der Waals surface area contributed by atoms with E-state index in [9.17, 15) is 0 Å². The summed E-state index contributed by atoms with van der Waals surface area (Å²) in [5.74, 6) is 0.535. The maximum absolute atomic E-state index is 4.61. The Morgan fingerprint density at radius 2 is 2.14 bits per heavy atom. The van der Waals surface area contributed by atoms with Gasteiger partial charge in [-0.25, -0.2) is 0 Å². The van der Waals surface area contributed by atoms with Gasteiger partial charge in [-0.2, -0.15) is 0 Å². The molecule has 14 heavy (non-hydrogen) atoms. The van der Waals surface area contributed by atoms with Crippen molar-refractivity contribution in [2.24, 2.45) is 0 Å². The number of hydrogen-bond donors (Lipinski definition) is 0. The van der Waals surface area contributed by atoms with Gasteiger partial charge in [0.05, 0.1) is 5.52 Å². The second-order valence-corrected chi connectivity index (χ2v) is 3.61. The summed E-state index contributed by atoms with van der Waals surface area (Å²) in [5.41, 5.74) is 2.21. The summed E-state index contributed by atoms with van der Waals surface area (Å²) < 4.78 is 0. The SMILES string of the molecule is CCC(C)c1ccc2cnccc2n1. The van der Waals surface area contributed by atoms with E-state index >= 15 is 0 Å². The summed E-state index contributed by atoms with van der Waals surface area (Å²) in [5, 5.41) is 1.11. The lowest BCUT2D eigenvalue weighted by molar-refractivity contribution is 0.712. The molecule has 0 N–H and O–H groups in total. The van der Waals surface area contributed by atoms with E-state index in [1.54, 1.807) is 6.20 Å². The van der Waals surface area contributed by atoms with E-state index in [-0.39, 0.29) is 0 Å². The molecule has 0 bridgehead atoms. The van der Waals surface area contributed by atoms with E-state index < -0.39 is 0 Å². The summed E-state index contributed by atoms with van der Waals surface area (Å²) in [6.07, 6.45) is 4.77. The van der Waals surface area contributed by atoms with Gasteiger partial charge in [-0.15, -0.1) is 0 Å². The van der Waals surface area contributed by atoms with Crippen LogP contribution in [0.4, 0.5) is 0 Å². The minimum atomic E-state index is 0.535. The molecule has 0 saturated carbocycles. The van der Waals surface area contributed by atoms with Crippen LogP contribution in [0.1, 0.15) is 31.9 Å². The highest BCUT2D eigenvalue weighted by Gasteiger charge is 2.04. The topological polar surface area (TPSA) is 25.8 Å². The lowest BCUT2D eigenvalue weighted by atomic mass is 10.0. The highest BCUT2D eigenvalue weighted by atomic mass is 14.7.